The highest BCUT2D eigenvalue weighted by atomic mass is 19.1. The summed E-state index contributed by atoms with van der Waals surface area (Å²) >= 11 is 0. The maximum Gasteiger partial charge on any atom is 0.358 e. The van der Waals surface area contributed by atoms with Crippen LogP contribution >= 0.6 is 0 Å². The number of halogens is 1. The van der Waals surface area contributed by atoms with Gasteiger partial charge in [0, 0.05) is 6.54 Å². The van der Waals surface area contributed by atoms with Crippen molar-refractivity contribution in [1.29, 1.82) is 0 Å². The molecule has 1 aliphatic heterocycles. The number of fused-ring (bicyclic) bond motifs is 3. The number of benzene rings is 1. The monoisotopic (exact) mass is 317 g/mol. The summed E-state index contributed by atoms with van der Waals surface area (Å²) < 4.78 is 20.2. The summed E-state index contributed by atoms with van der Waals surface area (Å²) in [7, 11) is 0. The van der Waals surface area contributed by atoms with Crippen molar-refractivity contribution in [3.63, 3.8) is 0 Å². The molecule has 1 aliphatic rings. The number of amides is 1. The first-order chi connectivity index (χ1) is 11.1. The van der Waals surface area contributed by atoms with E-state index in [4.69, 9.17) is 4.74 Å². The molecule has 0 spiro atoms. The maximum absolute atomic E-state index is 13.6. The molecule has 7 heteroatoms. The number of imidazole rings is 1. The number of nitrogens with zero attached hydrogens (tertiary/aromatic N) is 3. The van der Waals surface area contributed by atoms with Crippen LogP contribution in [-0.4, -0.2) is 39.5 Å². The molecule has 120 valence electrons. The molecule has 2 heterocycles. The third kappa shape index (κ3) is 2.48. The normalized spacial score (nSPS) is 13.3. The van der Waals surface area contributed by atoms with Crippen LogP contribution in [0.4, 0.5) is 4.39 Å². The van der Waals surface area contributed by atoms with Crippen molar-refractivity contribution < 1.29 is 18.7 Å². The highest BCUT2D eigenvalue weighted by Gasteiger charge is 2.30. The number of hydrogen-bond acceptors (Lipinski definition) is 4. The van der Waals surface area contributed by atoms with E-state index >= 15 is 0 Å². The molecule has 1 aromatic heterocycles. The summed E-state index contributed by atoms with van der Waals surface area (Å²) in [5.74, 6) is -1.29. The number of hydrogen-bond donors (Lipinski definition) is 0. The number of esters is 1. The number of ether oxygens (including phenoxy) is 1. The molecular weight excluding hydrogens is 301 g/mol. The van der Waals surface area contributed by atoms with Crippen molar-refractivity contribution in [3.8, 4) is 5.69 Å². The second kappa shape index (κ2) is 5.83. The first-order valence-corrected chi connectivity index (χ1v) is 7.39. The van der Waals surface area contributed by atoms with Gasteiger partial charge in [-0.1, -0.05) is 0 Å². The van der Waals surface area contributed by atoms with Crippen LogP contribution in [0.2, 0.25) is 0 Å². The topological polar surface area (TPSA) is 64.4 Å². The minimum atomic E-state index is -0.532. The molecule has 23 heavy (non-hydrogen) atoms. The summed E-state index contributed by atoms with van der Waals surface area (Å²) in [6.45, 7) is 4.42. The molecule has 6 nitrogen and oxygen atoms in total. The number of carbonyl (C=O) groups is 2. The second-order valence-electron chi connectivity index (χ2n) is 5.11. The Balaban J connectivity index is 2.20. The van der Waals surface area contributed by atoms with Gasteiger partial charge in [0.05, 0.1) is 30.1 Å². The van der Waals surface area contributed by atoms with Gasteiger partial charge >= 0.3 is 5.97 Å². The van der Waals surface area contributed by atoms with Crippen molar-refractivity contribution in [3.05, 3.63) is 47.3 Å². The van der Waals surface area contributed by atoms with E-state index in [1.165, 1.54) is 24.5 Å². The molecule has 0 unspecified atom stereocenters. The lowest BCUT2D eigenvalue weighted by atomic mass is 10.1. The van der Waals surface area contributed by atoms with E-state index in [0.717, 1.165) is 0 Å². The van der Waals surface area contributed by atoms with E-state index in [2.05, 4.69) is 4.98 Å². The third-order valence-electron chi connectivity index (χ3n) is 3.79. The van der Waals surface area contributed by atoms with Crippen LogP contribution in [0.25, 0.3) is 5.69 Å². The fraction of sp³-hybridized carbons (Fsp3) is 0.312. The van der Waals surface area contributed by atoms with Crippen molar-refractivity contribution in [2.24, 2.45) is 0 Å². The highest BCUT2D eigenvalue weighted by molar-refractivity contribution is 5.99. The predicted molar refractivity (Wildman–Crippen MR) is 79.9 cm³/mol. The number of aromatic nitrogens is 2. The second-order valence-corrected chi connectivity index (χ2v) is 5.11. The Bertz CT molecular complexity index is 785. The molecule has 0 N–H and O–H groups in total. The van der Waals surface area contributed by atoms with E-state index < -0.39 is 11.8 Å². The lowest BCUT2D eigenvalue weighted by Gasteiger charge is -2.18. The largest absolute Gasteiger partial charge is 0.461 e. The van der Waals surface area contributed by atoms with Gasteiger partial charge in [-0.05, 0) is 32.0 Å². The Morgan fingerprint density at radius 1 is 1.39 bits per heavy atom. The smallest absolute Gasteiger partial charge is 0.358 e. The maximum atomic E-state index is 13.6. The van der Waals surface area contributed by atoms with Crippen LogP contribution in [0.5, 0.6) is 0 Å². The van der Waals surface area contributed by atoms with Gasteiger partial charge in [0.25, 0.3) is 5.91 Å². The molecule has 0 saturated heterocycles. The molecule has 0 atom stereocenters. The van der Waals surface area contributed by atoms with Gasteiger partial charge in [0.15, 0.2) is 5.69 Å². The molecular formula is C16H16FN3O3. The molecule has 1 amide bonds. The summed E-state index contributed by atoms with van der Waals surface area (Å²) in [6, 6.07) is 4.00. The average molecular weight is 317 g/mol. The van der Waals surface area contributed by atoms with Crippen molar-refractivity contribution in [2.75, 3.05) is 13.2 Å². The van der Waals surface area contributed by atoms with E-state index in [0.29, 0.717) is 17.9 Å². The first kappa shape index (κ1) is 15.2. The van der Waals surface area contributed by atoms with Crippen LogP contribution in [-0.2, 0) is 11.3 Å². The Kier molecular flexibility index (Phi) is 3.85. The fourth-order valence-electron chi connectivity index (χ4n) is 2.67. The third-order valence-corrected chi connectivity index (χ3v) is 3.79. The quantitative estimate of drug-likeness (QED) is 0.814. The minimum Gasteiger partial charge on any atom is -0.461 e. The van der Waals surface area contributed by atoms with Gasteiger partial charge < -0.3 is 9.64 Å². The van der Waals surface area contributed by atoms with E-state index in [1.54, 1.807) is 16.4 Å². The standard InChI is InChI=1S/C16H16FN3O3/c1-3-19-8-13-14(16(22)23-4-2)18-9-20(13)12-6-5-10(17)7-11(12)15(19)21/h5-7,9H,3-4,8H2,1-2H3. The SMILES string of the molecule is CCOC(=O)c1ncn2c1CN(CC)C(=O)c1cc(F)ccc1-2. The molecule has 3 rings (SSSR count). The van der Waals surface area contributed by atoms with E-state index in [9.17, 15) is 14.0 Å². The van der Waals surface area contributed by atoms with Crippen molar-refractivity contribution >= 4 is 11.9 Å². The lowest BCUT2D eigenvalue weighted by Crippen LogP contribution is -2.30. The van der Waals surface area contributed by atoms with Gasteiger partial charge in [0.2, 0.25) is 0 Å². The van der Waals surface area contributed by atoms with Gasteiger partial charge in [-0.15, -0.1) is 0 Å². The molecule has 1 aromatic carbocycles. The Morgan fingerprint density at radius 3 is 2.87 bits per heavy atom. The summed E-state index contributed by atoms with van der Waals surface area (Å²) in [5.41, 5.74) is 1.49. The zero-order valence-electron chi connectivity index (χ0n) is 12.9. The molecule has 0 aliphatic carbocycles. The fourth-order valence-corrected chi connectivity index (χ4v) is 2.67. The van der Waals surface area contributed by atoms with Crippen LogP contribution in [0.15, 0.2) is 24.5 Å². The van der Waals surface area contributed by atoms with Gasteiger partial charge in [-0.2, -0.15) is 0 Å². The molecule has 0 saturated carbocycles. The van der Waals surface area contributed by atoms with Gasteiger partial charge in [0.1, 0.15) is 12.1 Å². The van der Waals surface area contributed by atoms with Gasteiger partial charge in [-0.3, -0.25) is 9.36 Å². The van der Waals surface area contributed by atoms with Crippen LogP contribution in [0, 0.1) is 5.82 Å². The number of rotatable bonds is 3. The lowest BCUT2D eigenvalue weighted by molar-refractivity contribution is 0.0515. The molecule has 0 fully saturated rings. The van der Waals surface area contributed by atoms with Crippen molar-refractivity contribution in [1.82, 2.24) is 14.5 Å². The summed E-state index contributed by atoms with van der Waals surface area (Å²) in [6.07, 6.45) is 1.46. The Morgan fingerprint density at radius 2 is 2.17 bits per heavy atom. The van der Waals surface area contributed by atoms with Crippen molar-refractivity contribution in [2.45, 2.75) is 20.4 Å². The zero-order valence-corrected chi connectivity index (χ0v) is 12.9. The van der Waals surface area contributed by atoms with Crippen LogP contribution in [0.3, 0.4) is 0 Å². The van der Waals surface area contributed by atoms with Crippen LogP contribution < -0.4 is 0 Å². The Labute approximate surface area is 132 Å². The predicted octanol–water partition coefficient (Wildman–Crippen LogP) is 2.16. The molecule has 0 radical (unpaired) electrons. The first-order valence-electron chi connectivity index (χ1n) is 7.39. The average Bonchev–Trinajstić information content (AvgIpc) is 2.91. The zero-order chi connectivity index (χ0) is 16.6. The molecule has 0 bridgehead atoms. The highest BCUT2D eigenvalue weighted by Crippen LogP contribution is 2.27. The van der Waals surface area contributed by atoms with E-state index in [-0.39, 0.29) is 30.3 Å². The minimum absolute atomic E-state index is 0.176. The number of carbonyl (C=O) groups excluding carboxylic acids is 2. The Hall–Kier alpha value is -2.70. The molecule has 2 aromatic rings. The summed E-state index contributed by atoms with van der Waals surface area (Å²) in [4.78, 5) is 30.3. The van der Waals surface area contributed by atoms with Crippen LogP contribution in [0.1, 0.15) is 40.4 Å². The van der Waals surface area contributed by atoms with E-state index in [1.807, 2.05) is 6.92 Å². The van der Waals surface area contributed by atoms with Gasteiger partial charge in [-0.25, -0.2) is 14.2 Å². The summed E-state index contributed by atoms with van der Waals surface area (Å²) in [5, 5.41) is 0.